The van der Waals surface area contributed by atoms with Gasteiger partial charge in [-0.15, -0.1) is 0 Å². The average Bonchev–Trinajstić information content (AvgIpc) is 2.88. The number of methoxy groups -OCH3 is 1. The van der Waals surface area contributed by atoms with Crippen LogP contribution >= 0.6 is 0 Å². The van der Waals surface area contributed by atoms with E-state index in [2.05, 4.69) is 0 Å². The van der Waals surface area contributed by atoms with Gasteiger partial charge < -0.3 is 19.1 Å². The Hall–Kier alpha value is -2.76. The molecule has 1 aliphatic heterocycles. The maximum Gasteiger partial charge on any atom is 0.255 e. The summed E-state index contributed by atoms with van der Waals surface area (Å²) < 4.78 is 7.18. The van der Waals surface area contributed by atoms with Gasteiger partial charge in [-0.25, -0.2) is 0 Å². The number of aromatic nitrogens is 1. The van der Waals surface area contributed by atoms with Crippen LogP contribution in [0.1, 0.15) is 38.5 Å². The fourth-order valence-corrected chi connectivity index (χ4v) is 3.48. The number of rotatable bonds is 3. The van der Waals surface area contributed by atoms with E-state index in [9.17, 15) is 9.59 Å². The van der Waals surface area contributed by atoms with Crippen LogP contribution in [0.5, 0.6) is 5.75 Å². The van der Waals surface area contributed by atoms with Crippen LogP contribution in [-0.4, -0.2) is 59.5 Å². The molecule has 6 heteroatoms. The monoisotopic (exact) mass is 369 g/mol. The van der Waals surface area contributed by atoms with Gasteiger partial charge in [-0.1, -0.05) is 0 Å². The minimum absolute atomic E-state index is 0.00121. The van der Waals surface area contributed by atoms with Gasteiger partial charge >= 0.3 is 0 Å². The van der Waals surface area contributed by atoms with E-state index in [1.807, 2.05) is 41.3 Å². The second kappa shape index (κ2) is 7.86. The molecule has 1 fully saturated rings. The first-order chi connectivity index (χ1) is 12.9. The van der Waals surface area contributed by atoms with Gasteiger partial charge in [0.25, 0.3) is 11.8 Å². The first kappa shape index (κ1) is 19.0. The molecule has 1 saturated heterocycles. The number of ether oxygens (including phenoxy) is 1. The van der Waals surface area contributed by atoms with Crippen molar-refractivity contribution in [2.24, 2.45) is 7.05 Å². The van der Waals surface area contributed by atoms with Crippen LogP contribution in [0.2, 0.25) is 0 Å². The zero-order valence-electron chi connectivity index (χ0n) is 16.5. The lowest BCUT2D eigenvalue weighted by Gasteiger charge is -2.22. The van der Waals surface area contributed by atoms with Crippen molar-refractivity contribution in [3.05, 3.63) is 52.8 Å². The quantitative estimate of drug-likeness (QED) is 0.836. The van der Waals surface area contributed by atoms with Crippen LogP contribution in [-0.2, 0) is 7.05 Å². The van der Waals surface area contributed by atoms with Crippen LogP contribution in [0.4, 0.5) is 0 Å². The molecule has 0 unspecified atom stereocenters. The second-order valence-corrected chi connectivity index (χ2v) is 7.01. The number of hydrogen-bond donors (Lipinski definition) is 0. The number of aryl methyl sites for hydroxylation is 1. The van der Waals surface area contributed by atoms with Crippen molar-refractivity contribution in [2.75, 3.05) is 33.3 Å². The van der Waals surface area contributed by atoms with E-state index in [1.54, 1.807) is 31.4 Å². The zero-order chi connectivity index (χ0) is 19.6. The van der Waals surface area contributed by atoms with Gasteiger partial charge in [0.05, 0.1) is 12.7 Å². The Morgan fingerprint density at radius 3 is 2.04 bits per heavy atom. The number of carbonyl (C=O) groups excluding carboxylic acids is 2. The molecule has 0 radical (unpaired) electrons. The topological polar surface area (TPSA) is 54.8 Å². The molecule has 1 aromatic carbocycles. The lowest BCUT2D eigenvalue weighted by molar-refractivity contribution is 0.0718. The smallest absolute Gasteiger partial charge is 0.255 e. The largest absolute Gasteiger partial charge is 0.497 e. The SMILES string of the molecule is COc1ccc(C(=O)N2CCCN(C(=O)c3cc(C)n(C)c3C)CC2)cc1. The first-order valence-corrected chi connectivity index (χ1v) is 9.28. The molecule has 0 spiro atoms. The molecule has 2 aromatic rings. The Bertz CT molecular complexity index is 839. The summed E-state index contributed by atoms with van der Waals surface area (Å²) in [5.41, 5.74) is 3.45. The number of nitrogens with zero attached hydrogens (tertiary/aromatic N) is 3. The number of hydrogen-bond acceptors (Lipinski definition) is 3. The molecule has 0 aliphatic carbocycles. The molecule has 0 saturated carbocycles. The average molecular weight is 369 g/mol. The molecule has 1 aromatic heterocycles. The Morgan fingerprint density at radius 1 is 0.926 bits per heavy atom. The number of carbonyl (C=O) groups is 2. The first-order valence-electron chi connectivity index (χ1n) is 9.28. The van der Waals surface area contributed by atoms with Crippen molar-refractivity contribution in [3.63, 3.8) is 0 Å². The van der Waals surface area contributed by atoms with Gasteiger partial charge in [-0.05, 0) is 50.6 Å². The zero-order valence-corrected chi connectivity index (χ0v) is 16.5. The molecule has 2 amide bonds. The summed E-state index contributed by atoms with van der Waals surface area (Å²) in [7, 11) is 3.58. The molecule has 0 atom stereocenters. The summed E-state index contributed by atoms with van der Waals surface area (Å²) in [4.78, 5) is 29.4. The van der Waals surface area contributed by atoms with Crippen molar-refractivity contribution in [1.82, 2.24) is 14.4 Å². The van der Waals surface area contributed by atoms with E-state index in [0.717, 1.165) is 29.1 Å². The van der Waals surface area contributed by atoms with Crippen molar-refractivity contribution in [3.8, 4) is 5.75 Å². The lowest BCUT2D eigenvalue weighted by atomic mass is 10.2. The van der Waals surface area contributed by atoms with Crippen LogP contribution in [0.15, 0.2) is 30.3 Å². The highest BCUT2D eigenvalue weighted by Gasteiger charge is 2.25. The van der Waals surface area contributed by atoms with Crippen LogP contribution in [0, 0.1) is 13.8 Å². The standard InChI is InChI=1S/C21H27N3O3/c1-15-14-19(16(2)22(15)3)21(26)24-11-5-10-23(12-13-24)20(25)17-6-8-18(27-4)9-7-17/h6-9,14H,5,10-13H2,1-4H3. The van der Waals surface area contributed by atoms with Crippen molar-refractivity contribution in [2.45, 2.75) is 20.3 Å². The highest BCUT2D eigenvalue weighted by molar-refractivity contribution is 5.96. The van der Waals surface area contributed by atoms with Gasteiger partial charge in [0.2, 0.25) is 0 Å². The predicted octanol–water partition coefficient (Wildman–Crippen LogP) is 2.64. The van der Waals surface area contributed by atoms with E-state index in [0.29, 0.717) is 31.7 Å². The molecule has 6 nitrogen and oxygen atoms in total. The van der Waals surface area contributed by atoms with Crippen molar-refractivity contribution in [1.29, 1.82) is 0 Å². The molecule has 27 heavy (non-hydrogen) atoms. The summed E-state index contributed by atoms with van der Waals surface area (Å²) in [6.45, 7) is 6.38. The fraction of sp³-hybridized carbons (Fsp3) is 0.429. The molecule has 1 aliphatic rings. The molecule has 2 heterocycles. The van der Waals surface area contributed by atoms with E-state index >= 15 is 0 Å². The third-order valence-corrected chi connectivity index (χ3v) is 5.41. The van der Waals surface area contributed by atoms with E-state index in [1.165, 1.54) is 0 Å². The van der Waals surface area contributed by atoms with Gasteiger partial charge in [0, 0.05) is 50.2 Å². The summed E-state index contributed by atoms with van der Waals surface area (Å²) in [5, 5.41) is 0. The Morgan fingerprint density at radius 2 is 1.52 bits per heavy atom. The van der Waals surface area contributed by atoms with Gasteiger partial charge in [-0.2, -0.15) is 0 Å². The van der Waals surface area contributed by atoms with E-state index in [-0.39, 0.29) is 11.8 Å². The fourth-order valence-electron chi connectivity index (χ4n) is 3.48. The normalized spacial score (nSPS) is 14.8. The maximum absolute atomic E-state index is 13.0. The third-order valence-electron chi connectivity index (χ3n) is 5.41. The van der Waals surface area contributed by atoms with Crippen molar-refractivity contribution < 1.29 is 14.3 Å². The van der Waals surface area contributed by atoms with Gasteiger partial charge in [-0.3, -0.25) is 9.59 Å². The van der Waals surface area contributed by atoms with Crippen LogP contribution < -0.4 is 4.74 Å². The molecular weight excluding hydrogens is 342 g/mol. The van der Waals surface area contributed by atoms with Crippen molar-refractivity contribution >= 4 is 11.8 Å². The van der Waals surface area contributed by atoms with E-state index in [4.69, 9.17) is 4.74 Å². The summed E-state index contributed by atoms with van der Waals surface area (Å²) in [5.74, 6) is 0.779. The summed E-state index contributed by atoms with van der Waals surface area (Å²) >= 11 is 0. The predicted molar refractivity (Wildman–Crippen MR) is 104 cm³/mol. The molecule has 0 N–H and O–H groups in total. The van der Waals surface area contributed by atoms with E-state index < -0.39 is 0 Å². The third kappa shape index (κ3) is 3.84. The highest BCUT2D eigenvalue weighted by atomic mass is 16.5. The number of benzene rings is 1. The van der Waals surface area contributed by atoms with Gasteiger partial charge in [0.1, 0.15) is 5.75 Å². The summed E-state index contributed by atoms with van der Waals surface area (Å²) in [6, 6.07) is 9.10. The number of amides is 2. The molecule has 0 bridgehead atoms. The summed E-state index contributed by atoms with van der Waals surface area (Å²) in [6.07, 6.45) is 0.776. The minimum atomic E-state index is -0.00121. The maximum atomic E-state index is 13.0. The molecule has 144 valence electrons. The Kier molecular flexibility index (Phi) is 5.54. The molecule has 3 rings (SSSR count). The highest BCUT2D eigenvalue weighted by Crippen LogP contribution is 2.18. The Labute approximate surface area is 160 Å². The van der Waals surface area contributed by atoms with Gasteiger partial charge in [0.15, 0.2) is 0 Å². The lowest BCUT2D eigenvalue weighted by Crippen LogP contribution is -2.37. The van der Waals surface area contributed by atoms with Crippen LogP contribution in [0.3, 0.4) is 0 Å². The molecular formula is C21H27N3O3. The minimum Gasteiger partial charge on any atom is -0.497 e. The second-order valence-electron chi connectivity index (χ2n) is 7.01. The van der Waals surface area contributed by atoms with Crippen LogP contribution in [0.25, 0.3) is 0 Å². The Balaban J connectivity index is 1.68.